The third-order valence-electron chi connectivity index (χ3n) is 4.57. The summed E-state index contributed by atoms with van der Waals surface area (Å²) < 4.78 is 11.0. The highest BCUT2D eigenvalue weighted by Crippen LogP contribution is 2.43. The van der Waals surface area contributed by atoms with Crippen LogP contribution in [0, 0.1) is 5.92 Å². The minimum atomic E-state index is -0.858. The molecule has 0 amide bonds. The van der Waals surface area contributed by atoms with Crippen LogP contribution < -0.4 is 4.74 Å². The Morgan fingerprint density at radius 2 is 1.96 bits per heavy atom. The SMILES string of the molecule is CCCCC[C@@H](CC(C)=O)[C@]1(c2ccc(OC)cc2)C=CC(=O)O1. The van der Waals surface area contributed by atoms with Gasteiger partial charge in [0.2, 0.25) is 0 Å². The predicted molar refractivity (Wildman–Crippen MR) is 92.8 cm³/mol. The summed E-state index contributed by atoms with van der Waals surface area (Å²) in [6.45, 7) is 3.74. The Labute approximate surface area is 143 Å². The number of esters is 1. The first-order valence-corrected chi connectivity index (χ1v) is 8.58. The van der Waals surface area contributed by atoms with Gasteiger partial charge >= 0.3 is 5.97 Å². The zero-order chi connectivity index (χ0) is 17.6. The lowest BCUT2D eigenvalue weighted by atomic mass is 9.76. The molecular formula is C20H26O4. The minimum Gasteiger partial charge on any atom is -0.497 e. The zero-order valence-electron chi connectivity index (χ0n) is 14.7. The van der Waals surface area contributed by atoms with E-state index in [0.717, 1.165) is 37.0 Å². The van der Waals surface area contributed by atoms with Gasteiger partial charge in [0.25, 0.3) is 0 Å². The van der Waals surface area contributed by atoms with Crippen molar-refractivity contribution in [3.05, 3.63) is 42.0 Å². The van der Waals surface area contributed by atoms with Crippen molar-refractivity contribution in [1.82, 2.24) is 0 Å². The third kappa shape index (κ3) is 4.05. The quantitative estimate of drug-likeness (QED) is 0.503. The number of rotatable bonds is 9. The van der Waals surface area contributed by atoms with Crippen molar-refractivity contribution in [3.63, 3.8) is 0 Å². The largest absolute Gasteiger partial charge is 0.497 e. The smallest absolute Gasteiger partial charge is 0.331 e. The topological polar surface area (TPSA) is 52.6 Å². The molecule has 0 fully saturated rings. The molecule has 2 rings (SSSR count). The molecule has 2 atom stereocenters. The molecule has 1 aromatic rings. The highest BCUT2D eigenvalue weighted by Gasteiger charge is 2.45. The average molecular weight is 330 g/mol. The molecule has 0 spiro atoms. The molecule has 4 nitrogen and oxygen atoms in total. The Hall–Kier alpha value is -2.10. The second kappa shape index (κ2) is 8.13. The van der Waals surface area contributed by atoms with Crippen LogP contribution in [0.25, 0.3) is 0 Å². The van der Waals surface area contributed by atoms with Crippen molar-refractivity contribution >= 4 is 11.8 Å². The van der Waals surface area contributed by atoms with E-state index in [1.165, 1.54) is 6.08 Å². The van der Waals surface area contributed by atoms with Crippen molar-refractivity contribution in [3.8, 4) is 5.75 Å². The number of hydrogen-bond donors (Lipinski definition) is 0. The molecule has 1 aliphatic heterocycles. The number of ketones is 1. The van der Waals surface area contributed by atoms with Gasteiger partial charge in [-0.1, -0.05) is 38.3 Å². The van der Waals surface area contributed by atoms with Crippen LogP contribution in [0.3, 0.4) is 0 Å². The van der Waals surface area contributed by atoms with Gasteiger partial charge in [-0.3, -0.25) is 0 Å². The Kier molecular flexibility index (Phi) is 6.18. The Morgan fingerprint density at radius 3 is 2.46 bits per heavy atom. The molecule has 0 radical (unpaired) electrons. The molecule has 1 aromatic carbocycles. The van der Waals surface area contributed by atoms with E-state index < -0.39 is 5.60 Å². The Balaban J connectivity index is 2.37. The number of carbonyl (C=O) groups excluding carboxylic acids is 2. The number of unbranched alkanes of at least 4 members (excludes halogenated alkanes) is 2. The van der Waals surface area contributed by atoms with E-state index in [0.29, 0.717) is 6.42 Å². The number of benzene rings is 1. The van der Waals surface area contributed by atoms with Crippen molar-refractivity contribution in [1.29, 1.82) is 0 Å². The monoisotopic (exact) mass is 330 g/mol. The first-order valence-electron chi connectivity index (χ1n) is 8.58. The fourth-order valence-electron chi connectivity index (χ4n) is 3.34. The van der Waals surface area contributed by atoms with Crippen molar-refractivity contribution in [2.45, 2.75) is 51.6 Å². The fourth-order valence-corrected chi connectivity index (χ4v) is 3.34. The van der Waals surface area contributed by atoms with Crippen LogP contribution in [-0.4, -0.2) is 18.9 Å². The zero-order valence-corrected chi connectivity index (χ0v) is 14.7. The van der Waals surface area contributed by atoms with Gasteiger partial charge in [-0.2, -0.15) is 0 Å². The maximum absolute atomic E-state index is 11.9. The maximum Gasteiger partial charge on any atom is 0.331 e. The highest BCUT2D eigenvalue weighted by atomic mass is 16.6. The second-order valence-electron chi connectivity index (χ2n) is 6.37. The molecule has 1 aliphatic rings. The molecule has 130 valence electrons. The van der Waals surface area contributed by atoms with Gasteiger partial charge in [-0.05, 0) is 31.6 Å². The normalized spacial score (nSPS) is 20.7. The second-order valence-corrected chi connectivity index (χ2v) is 6.37. The Bertz CT molecular complexity index is 603. The van der Waals surface area contributed by atoms with Gasteiger partial charge in [0.15, 0.2) is 5.60 Å². The lowest BCUT2D eigenvalue weighted by Crippen LogP contribution is -2.36. The van der Waals surface area contributed by atoms with E-state index >= 15 is 0 Å². The summed E-state index contributed by atoms with van der Waals surface area (Å²) in [7, 11) is 1.61. The number of Topliss-reactive ketones (excluding diaryl/α,β-unsaturated/α-hetero) is 1. The number of methoxy groups -OCH3 is 1. The van der Waals surface area contributed by atoms with Crippen LogP contribution in [0.1, 0.15) is 51.5 Å². The van der Waals surface area contributed by atoms with Crippen LogP contribution in [0.4, 0.5) is 0 Å². The lowest BCUT2D eigenvalue weighted by molar-refractivity contribution is -0.152. The molecule has 0 saturated heterocycles. The van der Waals surface area contributed by atoms with Gasteiger partial charge in [0.1, 0.15) is 11.5 Å². The van der Waals surface area contributed by atoms with Gasteiger partial charge in [-0.25, -0.2) is 4.79 Å². The summed E-state index contributed by atoms with van der Waals surface area (Å²) in [6, 6.07) is 7.53. The van der Waals surface area contributed by atoms with Gasteiger partial charge in [-0.15, -0.1) is 0 Å². The molecule has 4 heteroatoms. The van der Waals surface area contributed by atoms with E-state index in [1.807, 2.05) is 30.3 Å². The molecule has 0 unspecified atom stereocenters. The number of cyclic esters (lactones) is 1. The summed E-state index contributed by atoms with van der Waals surface area (Å²) in [5, 5.41) is 0. The van der Waals surface area contributed by atoms with Crippen LogP contribution in [0.5, 0.6) is 5.75 Å². The molecule has 0 N–H and O–H groups in total. The molecule has 0 bridgehead atoms. The first kappa shape index (κ1) is 18.2. The first-order chi connectivity index (χ1) is 11.5. The minimum absolute atomic E-state index is 0.0577. The van der Waals surface area contributed by atoms with E-state index in [2.05, 4.69) is 6.92 Å². The predicted octanol–water partition coefficient (Wildman–Crippen LogP) is 4.18. The molecule has 0 aromatic heterocycles. The van der Waals surface area contributed by atoms with Crippen molar-refractivity contribution in [2.75, 3.05) is 7.11 Å². The third-order valence-corrected chi connectivity index (χ3v) is 4.57. The van der Waals surface area contributed by atoms with E-state index in [9.17, 15) is 9.59 Å². The van der Waals surface area contributed by atoms with Crippen LogP contribution >= 0.6 is 0 Å². The van der Waals surface area contributed by atoms with Crippen LogP contribution in [0.15, 0.2) is 36.4 Å². The molecular weight excluding hydrogens is 304 g/mol. The lowest BCUT2D eigenvalue weighted by Gasteiger charge is -2.35. The average Bonchev–Trinajstić information content (AvgIpc) is 2.97. The van der Waals surface area contributed by atoms with Crippen LogP contribution in [-0.2, 0) is 19.9 Å². The molecule has 0 saturated carbocycles. The molecule has 0 aliphatic carbocycles. The van der Waals surface area contributed by atoms with Gasteiger partial charge < -0.3 is 14.3 Å². The van der Waals surface area contributed by atoms with Crippen molar-refractivity contribution < 1.29 is 19.1 Å². The van der Waals surface area contributed by atoms with Gasteiger partial charge in [0, 0.05) is 24.0 Å². The van der Waals surface area contributed by atoms with E-state index in [4.69, 9.17) is 9.47 Å². The summed E-state index contributed by atoms with van der Waals surface area (Å²) in [6.07, 6.45) is 7.75. The molecule has 1 heterocycles. The summed E-state index contributed by atoms with van der Waals surface area (Å²) >= 11 is 0. The number of ether oxygens (including phenoxy) is 2. The number of hydrogen-bond acceptors (Lipinski definition) is 4. The van der Waals surface area contributed by atoms with E-state index in [1.54, 1.807) is 14.0 Å². The van der Waals surface area contributed by atoms with Gasteiger partial charge in [0.05, 0.1) is 7.11 Å². The molecule has 24 heavy (non-hydrogen) atoms. The fraction of sp³-hybridized carbons (Fsp3) is 0.500. The summed E-state index contributed by atoms with van der Waals surface area (Å²) in [5.41, 5.74) is 0.0242. The highest BCUT2D eigenvalue weighted by molar-refractivity contribution is 5.86. The Morgan fingerprint density at radius 1 is 1.25 bits per heavy atom. The standard InChI is InChI=1S/C20H26O4/c1-4-5-6-7-17(14-15(2)21)20(13-12-19(22)24-20)16-8-10-18(23-3)11-9-16/h8-13,17H,4-7,14H2,1-3H3/t17-,20+/m0/s1. The van der Waals surface area contributed by atoms with Crippen molar-refractivity contribution in [2.24, 2.45) is 5.92 Å². The number of carbonyl (C=O) groups is 2. The van der Waals surface area contributed by atoms with Crippen LogP contribution in [0.2, 0.25) is 0 Å². The summed E-state index contributed by atoms with van der Waals surface area (Å²) in [4.78, 5) is 23.7. The van der Waals surface area contributed by atoms with E-state index in [-0.39, 0.29) is 17.7 Å². The summed E-state index contributed by atoms with van der Waals surface area (Å²) in [5.74, 6) is 0.449. The maximum atomic E-state index is 11.9.